The molecule has 0 unspecified atom stereocenters. The van der Waals surface area contributed by atoms with Gasteiger partial charge in [0.1, 0.15) is 23.5 Å². The highest BCUT2D eigenvalue weighted by Crippen LogP contribution is 2.40. The minimum atomic E-state index is -4.21. The van der Waals surface area contributed by atoms with Crippen LogP contribution in [0.4, 0.5) is 5.13 Å². The summed E-state index contributed by atoms with van der Waals surface area (Å²) in [6.07, 6.45) is 3.52. The van der Waals surface area contributed by atoms with Gasteiger partial charge in [-0.25, -0.2) is 23.0 Å². The average molecular weight is 694 g/mol. The summed E-state index contributed by atoms with van der Waals surface area (Å²) >= 11 is 3.49. The Morgan fingerprint density at radius 1 is 1.16 bits per heavy atom. The normalized spacial score (nSPS) is 19.3. The minimum Gasteiger partial charge on any atom is -0.543 e. The van der Waals surface area contributed by atoms with E-state index in [-0.39, 0.29) is 35.4 Å². The van der Waals surface area contributed by atoms with Crippen molar-refractivity contribution < 1.29 is 37.3 Å². The van der Waals surface area contributed by atoms with E-state index in [0.29, 0.717) is 11.3 Å². The summed E-state index contributed by atoms with van der Waals surface area (Å²) < 4.78 is 30.0. The van der Waals surface area contributed by atoms with E-state index < -0.39 is 63.0 Å². The smallest absolute Gasteiger partial charge is 0.253 e. The van der Waals surface area contributed by atoms with Crippen LogP contribution in [-0.2, 0) is 35.7 Å². The van der Waals surface area contributed by atoms with Crippen LogP contribution in [0.2, 0.25) is 0 Å². The zero-order valence-electron chi connectivity index (χ0n) is 23.2. The van der Waals surface area contributed by atoms with E-state index >= 15 is 0 Å². The lowest BCUT2D eigenvalue weighted by atomic mass is 10.0. The summed E-state index contributed by atoms with van der Waals surface area (Å²) in [6.45, 7) is -0.104. The Balaban J connectivity index is 1.25. The van der Waals surface area contributed by atoms with Crippen LogP contribution in [0.1, 0.15) is 23.5 Å². The van der Waals surface area contributed by atoms with Gasteiger partial charge >= 0.3 is 0 Å². The molecule has 1 fully saturated rings. The highest BCUT2D eigenvalue weighted by atomic mass is 32.2. The molecule has 2 aliphatic rings. The summed E-state index contributed by atoms with van der Waals surface area (Å²) in [5.41, 5.74) is 13.6. The van der Waals surface area contributed by atoms with Crippen molar-refractivity contribution in [3.05, 3.63) is 69.5 Å². The second-order valence-corrected chi connectivity index (χ2v) is 14.4. The molecular formula is C25H27N9O7S4. The zero-order chi connectivity index (χ0) is 32.3. The Kier molecular flexibility index (Phi) is 9.79. The number of rotatable bonds is 13. The Hall–Kier alpha value is -3.95. The molecule has 0 saturated carbocycles. The van der Waals surface area contributed by atoms with Crippen LogP contribution in [-0.4, -0.2) is 76.4 Å². The maximum absolute atomic E-state index is 13.4. The fourth-order valence-corrected chi connectivity index (χ4v) is 8.23. The van der Waals surface area contributed by atoms with Gasteiger partial charge in [0.25, 0.3) is 5.91 Å². The standard InChI is InChI=1S/C25H27N9O7S4/c26-16(14-10-42-12-29-14)20(35)28-4-7-45(40,41)32-17(15-11-44-25(27)30-15)21(36)31-18-22(37)34-19(24(38)39)13(9-43-23(18)34)8-33-5-2-1-3-6-33/h1-3,5-6,10-12,16-18,23,32H,4,7-9,26H2,(H4-,27,28,30,31,35,36,38,39)/t16-,17+,18+,23+/m0/s1. The summed E-state index contributed by atoms with van der Waals surface area (Å²) in [4.78, 5) is 60.1. The highest BCUT2D eigenvalue weighted by Gasteiger charge is 2.53. The Bertz CT molecular complexity index is 1730. The van der Waals surface area contributed by atoms with Gasteiger partial charge < -0.3 is 32.0 Å². The van der Waals surface area contributed by atoms with Gasteiger partial charge in [0.05, 0.1) is 34.3 Å². The van der Waals surface area contributed by atoms with Gasteiger partial charge in [-0.3, -0.25) is 19.3 Å². The fourth-order valence-electron chi connectivity index (χ4n) is 4.64. The first-order chi connectivity index (χ1) is 21.4. The Morgan fingerprint density at radius 2 is 1.91 bits per heavy atom. The monoisotopic (exact) mass is 693 g/mol. The number of carbonyl (C=O) groups excluding carboxylic acids is 4. The molecule has 0 aromatic carbocycles. The number of sulfonamides is 1. The second kappa shape index (κ2) is 13.6. The van der Waals surface area contributed by atoms with Gasteiger partial charge in [-0.15, -0.1) is 34.4 Å². The molecule has 0 bridgehead atoms. The number of nitrogens with two attached hydrogens (primary N) is 2. The molecule has 7 N–H and O–H groups in total. The predicted molar refractivity (Wildman–Crippen MR) is 162 cm³/mol. The van der Waals surface area contributed by atoms with E-state index in [4.69, 9.17) is 11.5 Å². The third kappa shape index (κ3) is 7.31. The number of nitrogens with one attached hydrogen (secondary N) is 3. The summed E-state index contributed by atoms with van der Waals surface area (Å²) in [5.74, 6) is -4.10. The van der Waals surface area contributed by atoms with Gasteiger partial charge in [0, 0.05) is 40.8 Å². The molecule has 3 amide bonds. The number of carboxylic acids is 1. The number of hydrogen-bond donors (Lipinski definition) is 5. The number of aliphatic carboxylic acids is 1. The Morgan fingerprint density at radius 3 is 2.56 bits per heavy atom. The number of aromatic nitrogens is 3. The molecule has 3 aromatic rings. The van der Waals surface area contributed by atoms with Gasteiger partial charge in [-0.05, 0) is 0 Å². The van der Waals surface area contributed by atoms with E-state index in [1.54, 1.807) is 34.5 Å². The Labute approximate surface area is 269 Å². The lowest BCUT2D eigenvalue weighted by molar-refractivity contribution is -0.689. The number of β-lactam (4-membered cyclic amide) rings is 1. The van der Waals surface area contributed by atoms with Crippen molar-refractivity contribution in [2.45, 2.75) is 30.0 Å². The van der Waals surface area contributed by atoms with Gasteiger partial charge in [0.15, 0.2) is 24.1 Å². The van der Waals surface area contributed by atoms with Crippen LogP contribution in [0, 0.1) is 0 Å². The number of thioether (sulfide) groups is 1. The van der Waals surface area contributed by atoms with E-state index in [1.165, 1.54) is 34.0 Å². The minimum absolute atomic E-state index is 0.00872. The van der Waals surface area contributed by atoms with E-state index in [1.807, 2.05) is 6.07 Å². The van der Waals surface area contributed by atoms with Crippen molar-refractivity contribution in [2.24, 2.45) is 5.73 Å². The molecule has 16 nitrogen and oxygen atoms in total. The predicted octanol–water partition coefficient (Wildman–Crippen LogP) is -2.65. The molecular weight excluding hydrogens is 667 g/mol. The van der Waals surface area contributed by atoms with Crippen LogP contribution in [0.3, 0.4) is 0 Å². The van der Waals surface area contributed by atoms with Crippen molar-refractivity contribution in [2.75, 3.05) is 23.8 Å². The van der Waals surface area contributed by atoms with Crippen LogP contribution in [0.15, 0.2) is 58.1 Å². The number of carboxylic acid groups (broad SMARTS) is 1. The maximum Gasteiger partial charge on any atom is 0.253 e. The molecule has 4 atom stereocenters. The van der Waals surface area contributed by atoms with Crippen LogP contribution in [0.5, 0.6) is 0 Å². The van der Waals surface area contributed by atoms with E-state index in [0.717, 1.165) is 16.2 Å². The molecule has 0 aliphatic carbocycles. The molecule has 3 aromatic heterocycles. The van der Waals surface area contributed by atoms with Crippen LogP contribution in [0.25, 0.3) is 0 Å². The molecule has 0 spiro atoms. The second-order valence-electron chi connectivity index (χ2n) is 9.85. The molecule has 2 aliphatic heterocycles. The van der Waals surface area contributed by atoms with Crippen LogP contribution >= 0.6 is 34.4 Å². The molecule has 20 heteroatoms. The average Bonchev–Trinajstić information content (AvgIpc) is 3.70. The van der Waals surface area contributed by atoms with Crippen molar-refractivity contribution in [3.8, 4) is 0 Å². The number of hydrogen-bond acceptors (Lipinski definition) is 14. The van der Waals surface area contributed by atoms with E-state index in [9.17, 15) is 32.7 Å². The molecule has 238 valence electrons. The number of amides is 3. The first kappa shape index (κ1) is 32.4. The van der Waals surface area contributed by atoms with Crippen molar-refractivity contribution in [1.82, 2.24) is 30.2 Å². The molecule has 0 radical (unpaired) electrons. The molecule has 5 rings (SSSR count). The highest BCUT2D eigenvalue weighted by molar-refractivity contribution is 8.00. The SMILES string of the molecule is Nc1nc([C@@H](NS(=O)(=O)CCNC(=O)[C@@H](N)c2cscn2)C(=O)N[C@@H]2C(=O)N3C(C(=O)[O-])=C(C[n+]4ccccc4)CS[C@H]23)cs1. The largest absolute Gasteiger partial charge is 0.543 e. The number of fused-ring (bicyclic) bond motifs is 1. The quantitative estimate of drug-likeness (QED) is 0.0910. The summed E-state index contributed by atoms with van der Waals surface area (Å²) in [7, 11) is -4.21. The number of carbonyl (C=O) groups is 4. The lowest BCUT2D eigenvalue weighted by Gasteiger charge is -2.50. The first-order valence-corrected chi connectivity index (χ1v) is 17.7. The van der Waals surface area contributed by atoms with Gasteiger partial charge in [-0.1, -0.05) is 6.07 Å². The fraction of sp³-hybridized carbons (Fsp3) is 0.320. The number of nitrogen functional groups attached to an aromatic ring is 1. The zero-order valence-corrected chi connectivity index (χ0v) is 26.5. The number of anilines is 1. The third-order valence-electron chi connectivity index (χ3n) is 6.81. The van der Waals surface area contributed by atoms with Gasteiger partial charge in [0.2, 0.25) is 21.8 Å². The number of pyridine rings is 1. The summed E-state index contributed by atoms with van der Waals surface area (Å²) in [5, 5.41) is 19.4. The molecule has 1 saturated heterocycles. The molecule has 45 heavy (non-hydrogen) atoms. The molecule has 5 heterocycles. The maximum atomic E-state index is 13.4. The van der Waals surface area contributed by atoms with Crippen LogP contribution < -0.4 is 36.5 Å². The summed E-state index contributed by atoms with van der Waals surface area (Å²) in [6, 6.07) is 1.59. The van der Waals surface area contributed by atoms with Gasteiger partial charge in [-0.2, -0.15) is 4.72 Å². The first-order valence-electron chi connectivity index (χ1n) is 13.2. The number of nitrogens with zero attached hydrogens (tertiary/aromatic N) is 4. The topological polar surface area (TPSA) is 247 Å². The van der Waals surface area contributed by atoms with Crippen molar-refractivity contribution in [3.63, 3.8) is 0 Å². The van der Waals surface area contributed by atoms with E-state index in [2.05, 4.69) is 25.3 Å². The van der Waals surface area contributed by atoms with Crippen molar-refractivity contribution >= 4 is 73.3 Å². The third-order valence-corrected chi connectivity index (χ3v) is 10.8. The van der Waals surface area contributed by atoms with Crippen molar-refractivity contribution in [1.29, 1.82) is 0 Å². The lowest BCUT2D eigenvalue weighted by Crippen LogP contribution is -2.71. The number of thiazole rings is 2.